The maximum absolute atomic E-state index is 12.1. The number of amidine groups is 1. The summed E-state index contributed by atoms with van der Waals surface area (Å²) < 4.78 is 63.5. The molecule has 1 saturated heterocycles. The van der Waals surface area contributed by atoms with Crippen molar-refractivity contribution in [1.82, 2.24) is 4.90 Å². The number of nitrogens with two attached hydrogens (primary N) is 1. The normalized spacial score (nSPS) is 24.1. The number of aliphatic hydroxyl groups is 1. The van der Waals surface area contributed by atoms with Crippen molar-refractivity contribution in [3.8, 4) is 5.75 Å². The molecule has 0 saturated carbocycles. The minimum Gasteiger partial charge on any atom is -0.497 e. The van der Waals surface area contributed by atoms with E-state index in [4.69, 9.17) is 29.7 Å². The van der Waals surface area contributed by atoms with Crippen LogP contribution in [0.1, 0.15) is 38.9 Å². The number of phosphoric acid groups is 3. The van der Waals surface area contributed by atoms with Crippen molar-refractivity contribution in [1.29, 1.82) is 0 Å². The van der Waals surface area contributed by atoms with Gasteiger partial charge in [-0.25, -0.2) is 18.7 Å². The van der Waals surface area contributed by atoms with Crippen molar-refractivity contribution in [3.05, 3.63) is 58.0 Å². The first kappa shape index (κ1) is 37.9. The minimum atomic E-state index is -5.73. The summed E-state index contributed by atoms with van der Waals surface area (Å²) >= 11 is 0. The number of aliphatic hydroxyl groups excluding tert-OH is 1. The summed E-state index contributed by atoms with van der Waals surface area (Å²) in [5.74, 6) is 0.498. The number of rotatable bonds is 14. The Labute approximate surface area is 262 Å². The third-order valence-electron chi connectivity index (χ3n) is 6.41. The standard InChI is InChI=1S/C23H35N4O16P3/c1-13-25-22(24)14(11-39-21(23(2,3)4)16-8-15(38-5)6-7-17(16)27(29)30)10-26(13)20-9-18(28)19(41-20)12-40-45(34,35)43-46(36,37)42-44(31,32)33/h6-8,10,18-21,28H,1,9,11-12H2,2-5H3,(H2,24,25)(H,34,35)(H,36,37)(H2,31,32,33)/t18?,19-,20-,21-/m1/s1. The fourth-order valence-electron chi connectivity index (χ4n) is 4.46. The van der Waals surface area contributed by atoms with E-state index in [-0.39, 0.29) is 35.9 Å². The third kappa shape index (κ3) is 10.2. The molecule has 2 heterocycles. The molecule has 1 fully saturated rings. The first-order chi connectivity index (χ1) is 21.0. The first-order valence-electron chi connectivity index (χ1n) is 13.1. The van der Waals surface area contributed by atoms with Gasteiger partial charge in [0.25, 0.3) is 5.69 Å². The maximum atomic E-state index is 12.1. The molecule has 2 aliphatic rings. The fraction of sp³-hybridized carbons (Fsp3) is 0.522. The van der Waals surface area contributed by atoms with Gasteiger partial charge in [0.1, 0.15) is 29.7 Å². The fourth-order valence-corrected chi connectivity index (χ4v) is 7.49. The minimum absolute atomic E-state index is 0.0248. The summed E-state index contributed by atoms with van der Waals surface area (Å²) in [5, 5.41) is 22.3. The number of benzene rings is 1. The highest BCUT2D eigenvalue weighted by Crippen LogP contribution is 2.66. The van der Waals surface area contributed by atoms with Gasteiger partial charge in [-0.15, -0.1) is 0 Å². The summed E-state index contributed by atoms with van der Waals surface area (Å²) in [6.45, 7) is 8.25. The van der Waals surface area contributed by atoms with E-state index >= 15 is 0 Å². The molecule has 3 unspecified atom stereocenters. The number of nitrogens with zero attached hydrogens (tertiary/aromatic N) is 3. The second kappa shape index (κ2) is 14.3. The Morgan fingerprint density at radius 1 is 1.20 bits per heavy atom. The highest BCUT2D eigenvalue weighted by Gasteiger charge is 2.44. The molecule has 258 valence electrons. The van der Waals surface area contributed by atoms with E-state index in [0.717, 1.165) is 0 Å². The van der Waals surface area contributed by atoms with Crippen LogP contribution in [-0.4, -0.2) is 79.1 Å². The lowest BCUT2D eigenvalue weighted by atomic mass is 9.83. The number of ether oxygens (including phenoxy) is 3. The maximum Gasteiger partial charge on any atom is 0.490 e. The first-order valence-corrected chi connectivity index (χ1v) is 17.6. The smallest absolute Gasteiger partial charge is 0.490 e. The van der Waals surface area contributed by atoms with Crippen LogP contribution in [0.15, 0.2) is 47.4 Å². The predicted molar refractivity (Wildman–Crippen MR) is 158 cm³/mol. The zero-order valence-corrected chi connectivity index (χ0v) is 27.6. The number of nitro benzene ring substituents is 1. The molecular formula is C23H35N4O16P3. The van der Waals surface area contributed by atoms with Gasteiger partial charge in [0.15, 0.2) is 0 Å². The van der Waals surface area contributed by atoms with Crippen molar-refractivity contribution in [2.45, 2.75) is 51.7 Å². The average Bonchev–Trinajstić information content (AvgIpc) is 3.25. The van der Waals surface area contributed by atoms with Crippen molar-refractivity contribution in [2.24, 2.45) is 16.1 Å². The van der Waals surface area contributed by atoms with Crippen LogP contribution in [0.3, 0.4) is 0 Å². The van der Waals surface area contributed by atoms with Crippen LogP contribution < -0.4 is 10.5 Å². The van der Waals surface area contributed by atoms with Crippen LogP contribution in [-0.2, 0) is 36.3 Å². The Kier molecular flexibility index (Phi) is 11.8. The molecule has 7 N–H and O–H groups in total. The summed E-state index contributed by atoms with van der Waals surface area (Å²) in [7, 11) is -15.3. The molecule has 0 spiro atoms. The SMILES string of the molecule is C=C1N=C(N)C(CO[C@H](c2cc(OC)ccc2[N+](=O)[O-])C(C)(C)C)=CN1[C@H]1CC(O)[C@@H](COP(=O)(O)OP(=O)(O)OP(=O)(O)O)O1. The molecule has 0 aliphatic carbocycles. The third-order valence-corrected chi connectivity index (χ3v) is 10.2. The number of hydrogen-bond acceptors (Lipinski definition) is 15. The van der Waals surface area contributed by atoms with Gasteiger partial charge in [-0.1, -0.05) is 27.4 Å². The van der Waals surface area contributed by atoms with E-state index in [1.165, 1.54) is 36.4 Å². The zero-order chi connectivity index (χ0) is 34.8. The van der Waals surface area contributed by atoms with Crippen molar-refractivity contribution in [2.75, 3.05) is 20.3 Å². The summed E-state index contributed by atoms with van der Waals surface area (Å²) in [4.78, 5) is 53.2. The second-order valence-electron chi connectivity index (χ2n) is 11.0. The van der Waals surface area contributed by atoms with E-state index in [1.807, 2.05) is 20.8 Å². The summed E-state index contributed by atoms with van der Waals surface area (Å²) in [5.41, 5.74) is 5.90. The van der Waals surface area contributed by atoms with Gasteiger partial charge in [-0.2, -0.15) is 8.62 Å². The highest BCUT2D eigenvalue weighted by molar-refractivity contribution is 7.66. The summed E-state index contributed by atoms with van der Waals surface area (Å²) in [6.07, 6.45) is -3.07. The lowest BCUT2D eigenvalue weighted by molar-refractivity contribution is -0.386. The molecular weight excluding hydrogens is 681 g/mol. The molecule has 6 atom stereocenters. The average molecular weight is 716 g/mol. The van der Waals surface area contributed by atoms with Crippen LogP contribution in [0.5, 0.6) is 5.75 Å². The Morgan fingerprint density at radius 3 is 2.41 bits per heavy atom. The lowest BCUT2D eigenvalue weighted by Crippen LogP contribution is -2.36. The topological polar surface area (TPSA) is 292 Å². The molecule has 46 heavy (non-hydrogen) atoms. The molecule has 2 aliphatic heterocycles. The summed E-state index contributed by atoms with van der Waals surface area (Å²) in [6, 6.07) is 4.30. The van der Waals surface area contributed by atoms with E-state index in [2.05, 4.69) is 24.7 Å². The van der Waals surface area contributed by atoms with E-state index in [0.29, 0.717) is 11.3 Å². The van der Waals surface area contributed by atoms with E-state index in [9.17, 15) is 38.7 Å². The van der Waals surface area contributed by atoms with Gasteiger partial charge in [0.2, 0.25) is 0 Å². The molecule has 1 aromatic carbocycles. The van der Waals surface area contributed by atoms with Gasteiger partial charge in [0, 0.05) is 24.3 Å². The van der Waals surface area contributed by atoms with E-state index < -0.39 is 65.0 Å². The molecule has 3 rings (SSSR count). The van der Waals surface area contributed by atoms with Crippen molar-refractivity contribution < 1.29 is 70.7 Å². The molecule has 0 aromatic heterocycles. The van der Waals surface area contributed by atoms with Gasteiger partial charge < -0.3 is 49.5 Å². The van der Waals surface area contributed by atoms with Crippen LogP contribution in [0.2, 0.25) is 0 Å². The van der Waals surface area contributed by atoms with Gasteiger partial charge in [0.05, 0.1) is 43.0 Å². The van der Waals surface area contributed by atoms with Crippen LogP contribution in [0, 0.1) is 15.5 Å². The van der Waals surface area contributed by atoms with Crippen molar-refractivity contribution >= 4 is 35.0 Å². The molecule has 20 nitrogen and oxygen atoms in total. The zero-order valence-electron chi connectivity index (χ0n) is 24.9. The largest absolute Gasteiger partial charge is 0.497 e. The predicted octanol–water partition coefficient (Wildman–Crippen LogP) is 2.55. The second-order valence-corrected chi connectivity index (χ2v) is 15.5. The Hall–Kier alpha value is -2.54. The molecule has 0 bridgehead atoms. The molecule has 23 heteroatoms. The quantitative estimate of drug-likeness (QED) is 0.0915. The Bertz CT molecular complexity index is 1540. The molecule has 0 amide bonds. The number of nitro groups is 1. The van der Waals surface area contributed by atoms with E-state index in [1.54, 1.807) is 0 Å². The van der Waals surface area contributed by atoms with Crippen LogP contribution in [0.4, 0.5) is 5.69 Å². The highest BCUT2D eigenvalue weighted by atomic mass is 31.3. The van der Waals surface area contributed by atoms with Gasteiger partial charge in [-0.3, -0.25) is 14.6 Å². The molecule has 0 radical (unpaired) electrons. The number of phosphoric ester groups is 1. The monoisotopic (exact) mass is 716 g/mol. The number of hydrogen-bond donors (Lipinski definition) is 6. The lowest BCUT2D eigenvalue weighted by Gasteiger charge is -2.33. The van der Waals surface area contributed by atoms with Crippen molar-refractivity contribution in [3.63, 3.8) is 0 Å². The molecule has 1 aromatic rings. The van der Waals surface area contributed by atoms with Crippen LogP contribution >= 0.6 is 23.5 Å². The van der Waals surface area contributed by atoms with Crippen LogP contribution in [0.25, 0.3) is 0 Å². The van der Waals surface area contributed by atoms with Gasteiger partial charge >= 0.3 is 23.5 Å². The number of aliphatic imine (C=N–C) groups is 1. The Balaban J connectivity index is 1.74. The Morgan fingerprint density at radius 2 is 1.85 bits per heavy atom. The van der Waals surface area contributed by atoms with Gasteiger partial charge in [-0.05, 0) is 17.5 Å². The number of methoxy groups -OCH3 is 1.